The summed E-state index contributed by atoms with van der Waals surface area (Å²) in [6, 6.07) is -0.109. The Bertz CT molecular complexity index is 562. The largest absolute Gasteiger partial charge is 0.389 e. The van der Waals surface area contributed by atoms with Crippen molar-refractivity contribution in [3.05, 3.63) is 16.1 Å². The monoisotopic (exact) mass is 337 g/mol. The summed E-state index contributed by atoms with van der Waals surface area (Å²) >= 11 is 1.65. The molecule has 3 atom stereocenters. The quantitative estimate of drug-likeness (QED) is 0.891. The van der Waals surface area contributed by atoms with Crippen molar-refractivity contribution in [1.29, 1.82) is 0 Å². The highest BCUT2D eigenvalue weighted by Crippen LogP contribution is 2.39. The Morgan fingerprint density at radius 3 is 3.13 bits per heavy atom. The Hall–Kier alpha value is -1.14. The van der Waals surface area contributed by atoms with Crippen LogP contribution in [-0.4, -0.2) is 39.7 Å². The van der Waals surface area contributed by atoms with Crippen molar-refractivity contribution >= 4 is 17.4 Å². The van der Waals surface area contributed by atoms with Crippen LogP contribution in [0.25, 0.3) is 0 Å². The first-order chi connectivity index (χ1) is 11.0. The van der Waals surface area contributed by atoms with Gasteiger partial charge in [0.25, 0.3) is 0 Å². The zero-order chi connectivity index (χ0) is 16.4. The molecule has 0 aromatic carbocycles. The van der Waals surface area contributed by atoms with Gasteiger partial charge in [-0.1, -0.05) is 19.8 Å². The van der Waals surface area contributed by atoms with Crippen LogP contribution in [0.4, 0.5) is 4.79 Å². The van der Waals surface area contributed by atoms with Crippen LogP contribution in [0.15, 0.2) is 5.38 Å². The predicted octanol–water partition coefficient (Wildman–Crippen LogP) is 3.10. The minimum atomic E-state index is -0.536. The first-order valence-corrected chi connectivity index (χ1v) is 9.62. The highest BCUT2D eigenvalue weighted by Gasteiger charge is 2.43. The van der Waals surface area contributed by atoms with E-state index in [0.717, 1.165) is 42.8 Å². The van der Waals surface area contributed by atoms with Gasteiger partial charge in [0, 0.05) is 24.4 Å². The number of nitrogens with zero attached hydrogens (tertiary/aromatic N) is 2. The lowest BCUT2D eigenvalue weighted by Crippen LogP contribution is -2.56. The van der Waals surface area contributed by atoms with Crippen LogP contribution < -0.4 is 5.32 Å². The number of urea groups is 1. The molecule has 0 unspecified atom stereocenters. The third kappa shape index (κ3) is 3.53. The van der Waals surface area contributed by atoms with Crippen LogP contribution in [0.3, 0.4) is 0 Å². The molecule has 2 heterocycles. The maximum Gasteiger partial charge on any atom is 0.317 e. The zero-order valence-electron chi connectivity index (χ0n) is 14.0. The van der Waals surface area contributed by atoms with Gasteiger partial charge >= 0.3 is 6.03 Å². The number of hydrogen-bond acceptors (Lipinski definition) is 4. The molecule has 2 aliphatic rings. The van der Waals surface area contributed by atoms with Crippen LogP contribution in [0.1, 0.15) is 62.7 Å². The van der Waals surface area contributed by atoms with E-state index >= 15 is 0 Å². The number of carbonyl (C=O) groups excluding carboxylic acids is 1. The van der Waals surface area contributed by atoms with E-state index in [4.69, 9.17) is 0 Å². The molecule has 1 aromatic heterocycles. The van der Waals surface area contributed by atoms with Crippen LogP contribution in [0.5, 0.6) is 0 Å². The van der Waals surface area contributed by atoms with Gasteiger partial charge < -0.3 is 15.3 Å². The molecule has 6 heteroatoms. The van der Waals surface area contributed by atoms with E-state index in [1.165, 1.54) is 0 Å². The van der Waals surface area contributed by atoms with E-state index in [1.807, 2.05) is 17.2 Å². The van der Waals surface area contributed by atoms with E-state index in [-0.39, 0.29) is 18.0 Å². The molecule has 23 heavy (non-hydrogen) atoms. The number of likely N-dealkylation sites (tertiary alicyclic amines) is 1. The second-order valence-electron chi connectivity index (χ2n) is 6.93. The van der Waals surface area contributed by atoms with Crippen LogP contribution in [0, 0.1) is 5.92 Å². The van der Waals surface area contributed by atoms with Crippen molar-refractivity contribution in [2.75, 3.05) is 13.1 Å². The molecule has 0 radical (unpaired) electrons. The Morgan fingerprint density at radius 1 is 1.57 bits per heavy atom. The Morgan fingerprint density at radius 2 is 2.39 bits per heavy atom. The fraction of sp³-hybridized carbons (Fsp3) is 0.765. The molecule has 1 saturated heterocycles. The number of aromatic nitrogens is 1. The molecule has 1 aliphatic heterocycles. The number of rotatable bonds is 3. The van der Waals surface area contributed by atoms with Gasteiger partial charge in [0.15, 0.2) is 0 Å². The van der Waals surface area contributed by atoms with Gasteiger partial charge in [-0.05, 0) is 32.6 Å². The van der Waals surface area contributed by atoms with Gasteiger partial charge in [-0.3, -0.25) is 0 Å². The van der Waals surface area contributed by atoms with E-state index in [9.17, 15) is 9.90 Å². The molecule has 1 saturated carbocycles. The summed E-state index contributed by atoms with van der Waals surface area (Å²) in [6.45, 7) is 5.38. The maximum absolute atomic E-state index is 12.5. The van der Waals surface area contributed by atoms with Crippen molar-refractivity contribution in [2.24, 2.45) is 5.92 Å². The second kappa shape index (κ2) is 6.77. The molecule has 2 amide bonds. The van der Waals surface area contributed by atoms with Gasteiger partial charge in [0.2, 0.25) is 0 Å². The summed E-state index contributed by atoms with van der Waals surface area (Å²) in [5, 5.41) is 16.9. The summed E-state index contributed by atoms with van der Waals surface area (Å²) in [7, 11) is 0. The van der Waals surface area contributed by atoms with Crippen LogP contribution in [0.2, 0.25) is 0 Å². The Kier molecular flexibility index (Phi) is 4.92. The van der Waals surface area contributed by atoms with Gasteiger partial charge in [-0.25, -0.2) is 9.78 Å². The number of thiazole rings is 1. The molecular weight excluding hydrogens is 310 g/mol. The van der Waals surface area contributed by atoms with Gasteiger partial charge in [0.05, 0.1) is 22.3 Å². The average Bonchev–Trinajstić information content (AvgIpc) is 3.03. The van der Waals surface area contributed by atoms with Crippen molar-refractivity contribution in [2.45, 2.75) is 64.0 Å². The fourth-order valence-corrected chi connectivity index (χ4v) is 4.63. The summed E-state index contributed by atoms with van der Waals surface area (Å²) in [6.07, 6.45) is 5.83. The van der Waals surface area contributed by atoms with E-state index < -0.39 is 5.60 Å². The Balaban J connectivity index is 1.58. The van der Waals surface area contributed by atoms with Crippen molar-refractivity contribution in [3.63, 3.8) is 0 Å². The molecule has 5 nitrogen and oxygen atoms in total. The third-order valence-electron chi connectivity index (χ3n) is 5.37. The smallest absolute Gasteiger partial charge is 0.317 e. The molecular formula is C17H27N3O2S. The molecule has 3 rings (SSSR count). The molecule has 2 N–H and O–H groups in total. The molecule has 1 aliphatic carbocycles. The van der Waals surface area contributed by atoms with Crippen LogP contribution >= 0.6 is 11.3 Å². The topological polar surface area (TPSA) is 65.5 Å². The number of nitrogens with one attached hydrogen (secondary N) is 1. The van der Waals surface area contributed by atoms with Gasteiger partial charge in [0.1, 0.15) is 0 Å². The first kappa shape index (κ1) is 16.7. The average molecular weight is 337 g/mol. The highest BCUT2D eigenvalue weighted by molar-refractivity contribution is 7.09. The Labute approximate surface area is 142 Å². The number of carbonyl (C=O) groups is 1. The summed E-state index contributed by atoms with van der Waals surface area (Å²) in [4.78, 5) is 19.0. The lowest BCUT2D eigenvalue weighted by atomic mass is 9.71. The molecule has 0 bridgehead atoms. The molecule has 128 valence electrons. The van der Waals surface area contributed by atoms with E-state index in [2.05, 4.69) is 17.2 Å². The third-order valence-corrected chi connectivity index (χ3v) is 6.38. The normalized spacial score (nSPS) is 29.0. The minimum Gasteiger partial charge on any atom is -0.389 e. The first-order valence-electron chi connectivity index (χ1n) is 8.74. The number of hydrogen-bond donors (Lipinski definition) is 2. The fourth-order valence-electron chi connectivity index (χ4n) is 3.79. The molecule has 0 spiro atoms. The number of aryl methyl sites for hydroxylation is 1. The van der Waals surface area contributed by atoms with Crippen molar-refractivity contribution in [3.8, 4) is 0 Å². The van der Waals surface area contributed by atoms with E-state index in [0.29, 0.717) is 19.5 Å². The molecule has 1 aromatic rings. The predicted molar refractivity (Wildman–Crippen MR) is 91.5 cm³/mol. The number of aliphatic hydroxyl groups is 1. The second-order valence-corrected chi connectivity index (χ2v) is 7.88. The zero-order valence-corrected chi connectivity index (χ0v) is 14.9. The van der Waals surface area contributed by atoms with Crippen LogP contribution in [-0.2, 0) is 6.42 Å². The highest BCUT2D eigenvalue weighted by atomic mass is 32.1. The minimum absolute atomic E-state index is 0.0313. The summed E-state index contributed by atoms with van der Waals surface area (Å²) in [5.41, 5.74) is 0.400. The number of fused-ring (bicyclic) bond motifs is 1. The number of amides is 2. The SMILES string of the molecule is CCc1nc([C@H](C)NC(=O)N2CC[C@@]3(O)CCCC[C@H]3C2)cs1. The lowest BCUT2D eigenvalue weighted by Gasteiger charge is -2.47. The van der Waals surface area contributed by atoms with E-state index in [1.54, 1.807) is 11.3 Å². The van der Waals surface area contributed by atoms with Gasteiger partial charge in [-0.2, -0.15) is 0 Å². The van der Waals surface area contributed by atoms with Gasteiger partial charge in [-0.15, -0.1) is 11.3 Å². The summed E-state index contributed by atoms with van der Waals surface area (Å²) in [5.74, 6) is 0.233. The lowest BCUT2D eigenvalue weighted by molar-refractivity contribution is -0.0871. The standard InChI is InChI=1S/C17H27N3O2S/c1-3-15-19-14(11-23-15)12(2)18-16(21)20-9-8-17(22)7-5-4-6-13(17)10-20/h11-13,22H,3-10H2,1-2H3,(H,18,21)/t12-,13-,17-/m0/s1. The van der Waals surface area contributed by atoms with Crippen molar-refractivity contribution in [1.82, 2.24) is 15.2 Å². The maximum atomic E-state index is 12.5. The van der Waals surface area contributed by atoms with Crippen molar-refractivity contribution < 1.29 is 9.90 Å². The molecule has 2 fully saturated rings. The number of piperidine rings is 1. The summed E-state index contributed by atoms with van der Waals surface area (Å²) < 4.78 is 0.